The van der Waals surface area contributed by atoms with Gasteiger partial charge in [0.25, 0.3) is 5.56 Å². The number of carbonyl (C=O) groups is 2. The standard InChI is InChI=1S/C19H18N2O4S/c1-12(11-16(22)23)20-18(24)17(13-7-3-2-4-8-13)21-19(25)14-9-5-6-10-15(14)26-21/h2-10,12,17H,11H2,1H3,(H,20,24)(H,22,23)/t12-,17?/m1/s1. The molecule has 1 heterocycles. The summed E-state index contributed by atoms with van der Waals surface area (Å²) in [5.74, 6) is -1.40. The summed E-state index contributed by atoms with van der Waals surface area (Å²) in [7, 11) is 0. The quantitative estimate of drug-likeness (QED) is 0.698. The average molecular weight is 370 g/mol. The molecule has 6 nitrogen and oxygen atoms in total. The lowest BCUT2D eigenvalue weighted by Gasteiger charge is -2.20. The van der Waals surface area contributed by atoms with Crippen molar-refractivity contribution >= 4 is 33.5 Å². The highest BCUT2D eigenvalue weighted by Gasteiger charge is 2.27. The largest absolute Gasteiger partial charge is 0.481 e. The van der Waals surface area contributed by atoms with Crippen LogP contribution in [0.4, 0.5) is 0 Å². The van der Waals surface area contributed by atoms with E-state index in [9.17, 15) is 14.4 Å². The molecule has 0 spiro atoms. The highest BCUT2D eigenvalue weighted by atomic mass is 32.1. The zero-order valence-corrected chi connectivity index (χ0v) is 14.9. The maximum absolute atomic E-state index is 12.9. The van der Waals surface area contributed by atoms with E-state index in [0.717, 1.165) is 4.70 Å². The topological polar surface area (TPSA) is 88.4 Å². The van der Waals surface area contributed by atoms with Crippen molar-refractivity contribution in [1.29, 1.82) is 0 Å². The summed E-state index contributed by atoms with van der Waals surface area (Å²) < 4.78 is 2.24. The molecule has 7 heteroatoms. The number of carbonyl (C=O) groups excluding carboxylic acids is 1. The van der Waals surface area contributed by atoms with Gasteiger partial charge < -0.3 is 10.4 Å². The van der Waals surface area contributed by atoms with Crippen LogP contribution in [-0.2, 0) is 9.59 Å². The summed E-state index contributed by atoms with van der Waals surface area (Å²) in [5, 5.41) is 12.2. The Morgan fingerprint density at radius 2 is 1.77 bits per heavy atom. The number of fused-ring (bicyclic) bond motifs is 1. The Hall–Kier alpha value is -2.93. The van der Waals surface area contributed by atoms with Gasteiger partial charge in [0.15, 0.2) is 6.04 Å². The number of hydrogen-bond acceptors (Lipinski definition) is 4. The minimum Gasteiger partial charge on any atom is -0.481 e. The Balaban J connectivity index is 2.04. The van der Waals surface area contributed by atoms with Gasteiger partial charge in [-0.3, -0.25) is 14.4 Å². The molecule has 2 N–H and O–H groups in total. The molecule has 0 bridgehead atoms. The van der Waals surface area contributed by atoms with Crippen molar-refractivity contribution in [3.63, 3.8) is 0 Å². The van der Waals surface area contributed by atoms with E-state index in [1.165, 1.54) is 15.5 Å². The lowest BCUT2D eigenvalue weighted by atomic mass is 10.1. The van der Waals surface area contributed by atoms with Crippen LogP contribution in [0.5, 0.6) is 0 Å². The van der Waals surface area contributed by atoms with Crippen LogP contribution in [0, 0.1) is 0 Å². The SMILES string of the molecule is C[C@H](CC(=O)O)NC(=O)C(c1ccccc1)n1sc2ccccc2c1=O. The lowest BCUT2D eigenvalue weighted by molar-refractivity contribution is -0.137. The number of nitrogens with zero attached hydrogens (tertiary/aromatic N) is 1. The van der Waals surface area contributed by atoms with Gasteiger partial charge in [-0.25, -0.2) is 3.96 Å². The van der Waals surface area contributed by atoms with Crippen molar-refractivity contribution in [2.75, 3.05) is 0 Å². The molecule has 2 atom stereocenters. The summed E-state index contributed by atoms with van der Waals surface area (Å²) in [6.45, 7) is 1.63. The number of amides is 1. The number of benzene rings is 2. The van der Waals surface area contributed by atoms with E-state index in [1.54, 1.807) is 43.3 Å². The van der Waals surface area contributed by atoms with Crippen molar-refractivity contribution in [3.05, 3.63) is 70.5 Å². The number of hydrogen-bond donors (Lipinski definition) is 2. The van der Waals surface area contributed by atoms with Gasteiger partial charge in [-0.15, -0.1) is 0 Å². The predicted octanol–water partition coefficient (Wildman–Crippen LogP) is 2.63. The first-order valence-corrected chi connectivity index (χ1v) is 8.92. The van der Waals surface area contributed by atoms with Crippen molar-refractivity contribution in [2.45, 2.75) is 25.4 Å². The van der Waals surface area contributed by atoms with Gasteiger partial charge in [0.1, 0.15) is 0 Å². The van der Waals surface area contributed by atoms with Gasteiger partial charge in [0, 0.05) is 6.04 Å². The Morgan fingerprint density at radius 3 is 2.42 bits per heavy atom. The van der Waals surface area contributed by atoms with E-state index in [1.807, 2.05) is 18.2 Å². The second-order valence-electron chi connectivity index (χ2n) is 6.04. The fourth-order valence-electron chi connectivity index (χ4n) is 2.82. The number of rotatable bonds is 6. The summed E-state index contributed by atoms with van der Waals surface area (Å²) >= 11 is 1.22. The number of aromatic nitrogens is 1. The van der Waals surface area contributed by atoms with Gasteiger partial charge in [-0.2, -0.15) is 0 Å². The number of nitrogens with one attached hydrogen (secondary N) is 1. The van der Waals surface area contributed by atoms with Crippen LogP contribution in [0.25, 0.3) is 10.1 Å². The molecule has 0 saturated carbocycles. The Bertz CT molecular complexity index is 993. The highest BCUT2D eigenvalue weighted by molar-refractivity contribution is 7.14. The molecule has 1 amide bonds. The first kappa shape index (κ1) is 17.9. The third kappa shape index (κ3) is 3.67. The number of carboxylic acids is 1. The van der Waals surface area contributed by atoms with E-state index < -0.39 is 24.0 Å². The summed E-state index contributed by atoms with van der Waals surface area (Å²) in [6, 6.07) is 14.8. The first-order valence-electron chi connectivity index (χ1n) is 8.15. The van der Waals surface area contributed by atoms with E-state index in [4.69, 9.17) is 5.11 Å². The van der Waals surface area contributed by atoms with Crippen LogP contribution in [-0.4, -0.2) is 27.0 Å². The molecule has 2 aromatic carbocycles. The smallest absolute Gasteiger partial charge is 0.305 e. The zero-order valence-electron chi connectivity index (χ0n) is 14.1. The van der Waals surface area contributed by atoms with Crippen molar-refractivity contribution < 1.29 is 14.7 Å². The predicted molar refractivity (Wildman–Crippen MR) is 101 cm³/mol. The van der Waals surface area contributed by atoms with Crippen LogP contribution in [0.1, 0.15) is 24.9 Å². The molecular formula is C19H18N2O4S. The molecule has 26 heavy (non-hydrogen) atoms. The van der Waals surface area contributed by atoms with E-state index in [0.29, 0.717) is 10.9 Å². The second-order valence-corrected chi connectivity index (χ2v) is 7.05. The van der Waals surface area contributed by atoms with Crippen molar-refractivity contribution in [2.24, 2.45) is 0 Å². The van der Waals surface area contributed by atoms with E-state index in [-0.39, 0.29) is 12.0 Å². The molecule has 1 unspecified atom stereocenters. The molecule has 0 saturated heterocycles. The maximum Gasteiger partial charge on any atom is 0.305 e. The summed E-state index contributed by atoms with van der Waals surface area (Å²) in [5.41, 5.74) is 0.432. The average Bonchev–Trinajstić information content (AvgIpc) is 2.92. The summed E-state index contributed by atoms with van der Waals surface area (Å²) in [6.07, 6.45) is -0.186. The van der Waals surface area contributed by atoms with Gasteiger partial charge >= 0.3 is 5.97 Å². The molecule has 3 rings (SSSR count). The highest BCUT2D eigenvalue weighted by Crippen LogP contribution is 2.24. The molecule has 0 aliphatic carbocycles. The van der Waals surface area contributed by atoms with Crippen molar-refractivity contribution in [1.82, 2.24) is 9.27 Å². The van der Waals surface area contributed by atoms with Crippen LogP contribution < -0.4 is 10.9 Å². The minimum atomic E-state index is -0.993. The van der Waals surface area contributed by atoms with Crippen LogP contribution in [0.2, 0.25) is 0 Å². The Labute approximate surface area is 153 Å². The minimum absolute atomic E-state index is 0.186. The monoisotopic (exact) mass is 370 g/mol. The molecule has 0 aliphatic rings. The molecular weight excluding hydrogens is 352 g/mol. The zero-order chi connectivity index (χ0) is 18.7. The van der Waals surface area contributed by atoms with E-state index >= 15 is 0 Å². The molecule has 3 aromatic rings. The second kappa shape index (κ2) is 7.53. The molecule has 134 valence electrons. The normalized spacial score (nSPS) is 13.3. The first-order chi connectivity index (χ1) is 12.5. The molecule has 0 radical (unpaired) electrons. The van der Waals surface area contributed by atoms with Gasteiger partial charge in [-0.05, 0) is 24.6 Å². The molecule has 0 aliphatic heterocycles. The fourth-order valence-corrected chi connectivity index (χ4v) is 3.93. The maximum atomic E-state index is 12.9. The number of carboxylic acid groups (broad SMARTS) is 1. The third-order valence-electron chi connectivity index (χ3n) is 3.98. The third-order valence-corrected chi connectivity index (χ3v) is 5.11. The van der Waals surface area contributed by atoms with Crippen LogP contribution in [0.3, 0.4) is 0 Å². The number of aliphatic carboxylic acids is 1. The van der Waals surface area contributed by atoms with Gasteiger partial charge in [0.05, 0.1) is 16.5 Å². The molecule has 0 fully saturated rings. The van der Waals surface area contributed by atoms with E-state index in [2.05, 4.69) is 5.32 Å². The Kier molecular flexibility index (Phi) is 5.18. The Morgan fingerprint density at radius 1 is 1.12 bits per heavy atom. The van der Waals surface area contributed by atoms with Gasteiger partial charge in [-0.1, -0.05) is 54.0 Å². The summed E-state index contributed by atoms with van der Waals surface area (Å²) in [4.78, 5) is 36.6. The van der Waals surface area contributed by atoms with Crippen molar-refractivity contribution in [3.8, 4) is 0 Å². The lowest BCUT2D eigenvalue weighted by Crippen LogP contribution is -2.41. The van der Waals surface area contributed by atoms with Gasteiger partial charge in [0.2, 0.25) is 5.91 Å². The van der Waals surface area contributed by atoms with Crippen LogP contribution in [0.15, 0.2) is 59.4 Å². The van der Waals surface area contributed by atoms with Crippen LogP contribution >= 0.6 is 11.5 Å². The molecule has 1 aromatic heterocycles. The fraction of sp³-hybridized carbons (Fsp3) is 0.211.